The van der Waals surface area contributed by atoms with Gasteiger partial charge in [-0.1, -0.05) is 11.9 Å². The molecule has 0 bridgehead atoms. The van der Waals surface area contributed by atoms with Crippen LogP contribution in [0.4, 0.5) is 0 Å². The molecular weight excluding hydrogens is 270 g/mol. The monoisotopic (exact) mass is 289 g/mol. The van der Waals surface area contributed by atoms with Crippen LogP contribution in [0, 0.1) is 6.92 Å². The average Bonchev–Trinajstić information content (AvgIpc) is 2.71. The molecule has 1 aromatic rings. The minimum atomic E-state index is -3.66. The quantitative estimate of drug-likeness (QED) is 0.852. The number of nitrogens with two attached hydrogens (primary N) is 1. The van der Waals surface area contributed by atoms with Crippen molar-refractivity contribution < 1.29 is 8.42 Å². The van der Waals surface area contributed by atoms with E-state index in [4.69, 9.17) is 5.14 Å². The second-order valence-electron chi connectivity index (χ2n) is 4.58. The van der Waals surface area contributed by atoms with Gasteiger partial charge in [0.25, 0.3) is 0 Å². The number of nitrogens with zero attached hydrogens (tertiary/aromatic N) is 2. The minimum absolute atomic E-state index is 0.441. The Labute approximate surface area is 113 Å². The number of hydrogen-bond donors (Lipinski definition) is 1. The molecule has 0 amide bonds. The summed E-state index contributed by atoms with van der Waals surface area (Å²) < 4.78 is 26.3. The molecule has 102 valence electrons. The highest BCUT2D eigenvalue weighted by molar-refractivity contribution is 7.96. The molecule has 0 radical (unpaired) electrons. The molecule has 0 unspecified atom stereocenters. The molecule has 0 aromatic carbocycles. The molecule has 2 rings (SSSR count). The summed E-state index contributed by atoms with van der Waals surface area (Å²) >= 11 is 1.77. The molecule has 1 aromatic heterocycles. The molecule has 1 fully saturated rings. The van der Waals surface area contributed by atoms with Gasteiger partial charge in [0, 0.05) is 25.0 Å². The summed E-state index contributed by atoms with van der Waals surface area (Å²) in [5, 5.41) is 5.17. The Morgan fingerprint density at radius 3 is 2.44 bits per heavy atom. The largest absolute Gasteiger partial charge is 0.302 e. The van der Waals surface area contributed by atoms with E-state index in [0.29, 0.717) is 5.92 Å². The van der Waals surface area contributed by atoms with Crippen molar-refractivity contribution in [3.05, 3.63) is 23.5 Å². The molecule has 0 aliphatic carbocycles. The third kappa shape index (κ3) is 2.74. The maximum Gasteiger partial charge on any atom is 0.302 e. The molecule has 2 N–H and O–H groups in total. The van der Waals surface area contributed by atoms with Gasteiger partial charge < -0.3 is 0 Å². The first-order valence-electron chi connectivity index (χ1n) is 5.93. The smallest absolute Gasteiger partial charge is 0.251 e. The molecule has 18 heavy (non-hydrogen) atoms. The SMILES string of the molecule is CSN1CCC(c2ccn(S(N)(=O)=O)c2C)CC1. The summed E-state index contributed by atoms with van der Waals surface area (Å²) in [5.41, 5.74) is 1.87. The van der Waals surface area contributed by atoms with Crippen molar-refractivity contribution in [2.45, 2.75) is 25.7 Å². The summed E-state index contributed by atoms with van der Waals surface area (Å²) in [7, 11) is -3.66. The van der Waals surface area contributed by atoms with Crippen LogP contribution in [0.15, 0.2) is 12.3 Å². The van der Waals surface area contributed by atoms with E-state index in [1.54, 1.807) is 18.1 Å². The van der Waals surface area contributed by atoms with Crippen molar-refractivity contribution in [1.82, 2.24) is 8.28 Å². The van der Waals surface area contributed by atoms with Crippen molar-refractivity contribution in [2.24, 2.45) is 5.14 Å². The van der Waals surface area contributed by atoms with E-state index in [-0.39, 0.29) is 0 Å². The third-order valence-corrected chi connectivity index (χ3v) is 5.39. The van der Waals surface area contributed by atoms with Crippen LogP contribution in [0.2, 0.25) is 0 Å². The maximum atomic E-state index is 11.4. The lowest BCUT2D eigenvalue weighted by atomic mass is 9.90. The van der Waals surface area contributed by atoms with Gasteiger partial charge in [-0.2, -0.15) is 8.42 Å². The zero-order valence-electron chi connectivity index (χ0n) is 10.7. The number of aromatic nitrogens is 1. The first kappa shape index (κ1) is 13.9. The number of rotatable bonds is 3. The highest BCUT2D eigenvalue weighted by atomic mass is 32.2. The standard InChI is InChI=1S/C11H19N3O2S2/c1-9-11(5-8-14(9)18(12,15)16)10-3-6-13(17-2)7-4-10/h5,8,10H,3-4,6-7H2,1-2H3,(H2,12,15,16). The Kier molecular flexibility index (Phi) is 4.05. The van der Waals surface area contributed by atoms with E-state index in [9.17, 15) is 8.42 Å². The first-order chi connectivity index (χ1) is 8.43. The fraction of sp³-hybridized carbons (Fsp3) is 0.636. The van der Waals surface area contributed by atoms with Crippen molar-refractivity contribution in [3.63, 3.8) is 0 Å². The average molecular weight is 289 g/mol. The lowest BCUT2D eigenvalue weighted by Gasteiger charge is -2.30. The fourth-order valence-electron chi connectivity index (χ4n) is 2.56. The van der Waals surface area contributed by atoms with Crippen LogP contribution in [0.3, 0.4) is 0 Å². The number of piperidine rings is 1. The maximum absolute atomic E-state index is 11.4. The van der Waals surface area contributed by atoms with Crippen LogP contribution in [0.25, 0.3) is 0 Å². The molecule has 1 aliphatic rings. The molecule has 0 atom stereocenters. The van der Waals surface area contributed by atoms with Gasteiger partial charge in [0.1, 0.15) is 0 Å². The Morgan fingerprint density at radius 1 is 1.39 bits per heavy atom. The van der Waals surface area contributed by atoms with E-state index in [0.717, 1.165) is 37.2 Å². The predicted octanol–water partition coefficient (Wildman–Crippen LogP) is 1.31. The summed E-state index contributed by atoms with van der Waals surface area (Å²) in [6.07, 6.45) is 5.77. The van der Waals surface area contributed by atoms with Gasteiger partial charge in [-0.05, 0) is 43.6 Å². The molecule has 5 nitrogen and oxygen atoms in total. The normalized spacial score (nSPS) is 19.3. The molecule has 7 heteroatoms. The van der Waals surface area contributed by atoms with Crippen molar-refractivity contribution >= 4 is 22.2 Å². The van der Waals surface area contributed by atoms with Gasteiger partial charge in [-0.15, -0.1) is 0 Å². The van der Waals surface area contributed by atoms with Crippen LogP contribution in [-0.2, 0) is 10.2 Å². The molecular formula is C11H19N3O2S2. The first-order valence-corrected chi connectivity index (χ1v) is 8.62. The van der Waals surface area contributed by atoms with E-state index >= 15 is 0 Å². The highest BCUT2D eigenvalue weighted by Crippen LogP contribution is 2.32. The topological polar surface area (TPSA) is 68.3 Å². The summed E-state index contributed by atoms with van der Waals surface area (Å²) in [6, 6.07) is 1.89. The second-order valence-corrected chi connectivity index (χ2v) is 6.89. The van der Waals surface area contributed by atoms with Gasteiger partial charge in [0.05, 0.1) is 0 Å². The Morgan fingerprint density at radius 2 is 2.00 bits per heavy atom. The van der Waals surface area contributed by atoms with Crippen molar-refractivity contribution in [2.75, 3.05) is 19.3 Å². The Balaban J connectivity index is 2.19. The lowest BCUT2D eigenvalue weighted by Crippen LogP contribution is -2.27. The zero-order valence-corrected chi connectivity index (χ0v) is 12.3. The summed E-state index contributed by atoms with van der Waals surface area (Å²) in [4.78, 5) is 0. The van der Waals surface area contributed by atoms with Crippen molar-refractivity contribution in [1.29, 1.82) is 0 Å². The van der Waals surface area contributed by atoms with Crippen molar-refractivity contribution in [3.8, 4) is 0 Å². The van der Waals surface area contributed by atoms with Crippen LogP contribution in [0.5, 0.6) is 0 Å². The second kappa shape index (κ2) is 5.24. The molecule has 2 heterocycles. The zero-order chi connectivity index (χ0) is 13.3. The molecule has 1 aliphatic heterocycles. The van der Waals surface area contributed by atoms with Gasteiger partial charge in [0.2, 0.25) is 0 Å². The van der Waals surface area contributed by atoms with E-state index in [1.165, 1.54) is 3.97 Å². The van der Waals surface area contributed by atoms with Gasteiger partial charge in [-0.25, -0.2) is 9.11 Å². The van der Waals surface area contributed by atoms with Gasteiger partial charge >= 0.3 is 10.2 Å². The highest BCUT2D eigenvalue weighted by Gasteiger charge is 2.24. The van der Waals surface area contributed by atoms with E-state index in [2.05, 4.69) is 10.6 Å². The summed E-state index contributed by atoms with van der Waals surface area (Å²) in [5.74, 6) is 0.441. The molecule has 0 saturated carbocycles. The molecule has 0 spiro atoms. The van der Waals surface area contributed by atoms with Crippen LogP contribution in [0.1, 0.15) is 30.0 Å². The minimum Gasteiger partial charge on any atom is -0.251 e. The van der Waals surface area contributed by atoms with Crippen LogP contribution >= 0.6 is 11.9 Å². The van der Waals surface area contributed by atoms with Crippen LogP contribution in [-0.4, -0.2) is 36.0 Å². The fourth-order valence-corrected chi connectivity index (χ4v) is 3.86. The van der Waals surface area contributed by atoms with Gasteiger partial charge in [0.15, 0.2) is 0 Å². The van der Waals surface area contributed by atoms with E-state index < -0.39 is 10.2 Å². The molecule has 1 saturated heterocycles. The Hall–Kier alpha value is -0.500. The predicted molar refractivity (Wildman–Crippen MR) is 74.7 cm³/mol. The summed E-state index contributed by atoms with van der Waals surface area (Å²) in [6.45, 7) is 3.92. The number of hydrogen-bond acceptors (Lipinski definition) is 4. The lowest BCUT2D eigenvalue weighted by molar-refractivity contribution is 0.346. The van der Waals surface area contributed by atoms with Crippen LogP contribution < -0.4 is 5.14 Å². The van der Waals surface area contributed by atoms with Gasteiger partial charge in [-0.3, -0.25) is 4.31 Å². The van der Waals surface area contributed by atoms with E-state index in [1.807, 2.05) is 13.0 Å². The third-order valence-electron chi connectivity index (χ3n) is 3.56. The Bertz CT molecular complexity index is 516.